The summed E-state index contributed by atoms with van der Waals surface area (Å²) in [4.78, 5) is 19.2. The molecular weight excluding hydrogens is 294 g/mol. The van der Waals surface area contributed by atoms with Crippen LogP contribution in [0.1, 0.15) is 34.2 Å². The molecule has 120 valence electrons. The van der Waals surface area contributed by atoms with Gasteiger partial charge in [0.15, 0.2) is 11.5 Å². The van der Waals surface area contributed by atoms with Crippen molar-refractivity contribution in [3.05, 3.63) is 41.5 Å². The number of benzene rings is 1. The van der Waals surface area contributed by atoms with Crippen molar-refractivity contribution in [3.8, 4) is 11.5 Å². The Morgan fingerprint density at radius 3 is 2.91 bits per heavy atom. The van der Waals surface area contributed by atoms with Crippen LogP contribution in [-0.4, -0.2) is 40.2 Å². The lowest BCUT2D eigenvalue weighted by Gasteiger charge is -2.17. The van der Waals surface area contributed by atoms with Gasteiger partial charge in [0.1, 0.15) is 5.82 Å². The summed E-state index contributed by atoms with van der Waals surface area (Å²) in [5.74, 6) is 2.74. The first-order chi connectivity index (χ1) is 11.1. The van der Waals surface area contributed by atoms with Crippen molar-refractivity contribution < 1.29 is 14.3 Å². The van der Waals surface area contributed by atoms with Gasteiger partial charge in [-0.15, -0.1) is 0 Å². The second-order valence-corrected chi connectivity index (χ2v) is 6.16. The molecule has 1 saturated heterocycles. The van der Waals surface area contributed by atoms with Gasteiger partial charge in [-0.2, -0.15) is 0 Å². The Kier molecular flexibility index (Phi) is 3.25. The van der Waals surface area contributed by atoms with Crippen LogP contribution in [0.3, 0.4) is 0 Å². The number of imidazole rings is 1. The summed E-state index contributed by atoms with van der Waals surface area (Å²) in [6.07, 6.45) is 2.97. The fourth-order valence-corrected chi connectivity index (χ4v) is 3.38. The number of hydrogen-bond donors (Lipinski definition) is 0. The first-order valence-corrected chi connectivity index (χ1v) is 7.80. The zero-order valence-electron chi connectivity index (χ0n) is 13.3. The molecule has 2 aliphatic rings. The predicted octanol–water partition coefficient (Wildman–Crippen LogP) is 2.09. The number of carbonyl (C=O) groups is 1. The number of rotatable bonds is 2. The maximum Gasteiger partial charge on any atom is 0.254 e. The van der Waals surface area contributed by atoms with Crippen LogP contribution in [0.15, 0.2) is 24.4 Å². The van der Waals surface area contributed by atoms with Crippen LogP contribution >= 0.6 is 0 Å². The minimum absolute atomic E-state index is 0.0386. The molecule has 0 bridgehead atoms. The van der Waals surface area contributed by atoms with E-state index in [1.54, 1.807) is 18.2 Å². The Bertz CT molecular complexity index is 768. The molecule has 1 aromatic carbocycles. The van der Waals surface area contributed by atoms with Crippen LogP contribution in [0.4, 0.5) is 0 Å². The molecule has 0 unspecified atom stereocenters. The van der Waals surface area contributed by atoms with Gasteiger partial charge in [-0.25, -0.2) is 4.98 Å². The van der Waals surface area contributed by atoms with Crippen molar-refractivity contribution in [3.63, 3.8) is 0 Å². The van der Waals surface area contributed by atoms with E-state index >= 15 is 0 Å². The number of fused-ring (bicyclic) bond motifs is 1. The highest BCUT2D eigenvalue weighted by atomic mass is 16.7. The van der Waals surface area contributed by atoms with Gasteiger partial charge in [0.25, 0.3) is 5.91 Å². The predicted molar refractivity (Wildman–Crippen MR) is 83.8 cm³/mol. The van der Waals surface area contributed by atoms with Crippen molar-refractivity contribution in [1.29, 1.82) is 0 Å². The minimum Gasteiger partial charge on any atom is -0.454 e. The summed E-state index contributed by atoms with van der Waals surface area (Å²) < 4.78 is 12.7. The summed E-state index contributed by atoms with van der Waals surface area (Å²) in [5.41, 5.74) is 1.66. The van der Waals surface area contributed by atoms with Gasteiger partial charge < -0.3 is 18.9 Å². The topological polar surface area (TPSA) is 56.6 Å². The zero-order chi connectivity index (χ0) is 16.0. The molecule has 0 aliphatic carbocycles. The summed E-state index contributed by atoms with van der Waals surface area (Å²) in [7, 11) is 2.01. The highest BCUT2D eigenvalue weighted by Crippen LogP contribution is 2.34. The summed E-state index contributed by atoms with van der Waals surface area (Å²) >= 11 is 0. The van der Waals surface area contributed by atoms with Crippen LogP contribution in [-0.2, 0) is 7.05 Å². The van der Waals surface area contributed by atoms with Crippen LogP contribution in [0.25, 0.3) is 0 Å². The summed E-state index contributed by atoms with van der Waals surface area (Å²) in [5, 5.41) is 0. The Morgan fingerprint density at radius 2 is 2.13 bits per heavy atom. The van der Waals surface area contributed by atoms with E-state index in [2.05, 4.69) is 9.55 Å². The number of ether oxygens (including phenoxy) is 2. The fraction of sp³-hybridized carbons (Fsp3) is 0.412. The quantitative estimate of drug-likeness (QED) is 0.852. The number of likely N-dealkylation sites (tertiary alicyclic amines) is 1. The molecule has 0 spiro atoms. The number of aromatic nitrogens is 2. The fourth-order valence-electron chi connectivity index (χ4n) is 3.38. The van der Waals surface area contributed by atoms with Gasteiger partial charge in [-0.05, 0) is 31.5 Å². The molecule has 1 atom stereocenters. The lowest BCUT2D eigenvalue weighted by molar-refractivity contribution is 0.0790. The second kappa shape index (κ2) is 5.30. The van der Waals surface area contributed by atoms with Crippen molar-refractivity contribution in [2.24, 2.45) is 7.05 Å². The number of nitrogens with zero attached hydrogens (tertiary/aromatic N) is 3. The van der Waals surface area contributed by atoms with E-state index in [1.165, 1.54) is 0 Å². The molecule has 6 heteroatoms. The third-order valence-electron chi connectivity index (χ3n) is 4.49. The first kappa shape index (κ1) is 14.1. The van der Waals surface area contributed by atoms with E-state index in [4.69, 9.17) is 9.47 Å². The molecule has 1 amide bonds. The van der Waals surface area contributed by atoms with Gasteiger partial charge in [-0.1, -0.05) is 0 Å². The molecule has 4 rings (SSSR count). The number of hydrogen-bond acceptors (Lipinski definition) is 4. The smallest absolute Gasteiger partial charge is 0.254 e. The number of aryl methyl sites for hydroxylation is 2. The van der Waals surface area contributed by atoms with Crippen molar-refractivity contribution in [2.45, 2.75) is 19.3 Å². The van der Waals surface area contributed by atoms with Gasteiger partial charge in [0.05, 0.1) is 5.69 Å². The highest BCUT2D eigenvalue weighted by Gasteiger charge is 2.31. The van der Waals surface area contributed by atoms with E-state index in [9.17, 15) is 4.79 Å². The molecule has 1 aromatic heterocycles. The van der Waals surface area contributed by atoms with Gasteiger partial charge in [0.2, 0.25) is 6.79 Å². The average molecular weight is 313 g/mol. The third-order valence-corrected chi connectivity index (χ3v) is 4.49. The molecule has 23 heavy (non-hydrogen) atoms. The molecule has 3 heterocycles. The molecule has 0 N–H and O–H groups in total. The molecule has 0 radical (unpaired) electrons. The Labute approximate surface area is 134 Å². The van der Waals surface area contributed by atoms with Crippen LogP contribution < -0.4 is 9.47 Å². The Morgan fingerprint density at radius 1 is 1.30 bits per heavy atom. The molecule has 1 fully saturated rings. The average Bonchev–Trinajstić information content (AvgIpc) is 3.24. The SMILES string of the molecule is Cc1cn(C)c([C@H]2CCN(C(=O)c3ccc4c(c3)OCO4)C2)n1. The lowest BCUT2D eigenvalue weighted by Crippen LogP contribution is -2.28. The third kappa shape index (κ3) is 2.44. The van der Waals surface area contributed by atoms with Gasteiger partial charge in [-0.3, -0.25) is 4.79 Å². The molecular formula is C17H19N3O3. The Balaban J connectivity index is 1.51. The molecule has 0 saturated carbocycles. The standard InChI is InChI=1S/C17H19N3O3/c1-11-8-19(2)16(18-11)13-5-6-20(9-13)17(21)12-3-4-14-15(7-12)23-10-22-14/h3-4,7-8,13H,5-6,9-10H2,1-2H3/t13-/m0/s1. The summed E-state index contributed by atoms with van der Waals surface area (Å²) in [6.45, 7) is 3.67. The maximum absolute atomic E-state index is 12.7. The van der Waals surface area contributed by atoms with Gasteiger partial charge in [0, 0.05) is 37.8 Å². The largest absolute Gasteiger partial charge is 0.454 e. The first-order valence-electron chi connectivity index (χ1n) is 7.80. The minimum atomic E-state index is 0.0386. The molecule has 2 aromatic rings. The van der Waals surface area contributed by atoms with E-state index in [1.807, 2.05) is 25.1 Å². The Hall–Kier alpha value is -2.50. The number of carbonyl (C=O) groups excluding carboxylic acids is 1. The maximum atomic E-state index is 12.7. The van der Waals surface area contributed by atoms with Crippen LogP contribution in [0, 0.1) is 6.92 Å². The molecule has 6 nitrogen and oxygen atoms in total. The van der Waals surface area contributed by atoms with Crippen LogP contribution in [0.5, 0.6) is 11.5 Å². The van der Waals surface area contributed by atoms with Crippen LogP contribution in [0.2, 0.25) is 0 Å². The number of amides is 1. The van der Waals surface area contributed by atoms with Crippen molar-refractivity contribution >= 4 is 5.91 Å². The normalized spacial score (nSPS) is 19.4. The highest BCUT2D eigenvalue weighted by molar-refractivity contribution is 5.95. The van der Waals surface area contributed by atoms with Gasteiger partial charge >= 0.3 is 0 Å². The van der Waals surface area contributed by atoms with E-state index in [-0.39, 0.29) is 12.7 Å². The lowest BCUT2D eigenvalue weighted by atomic mass is 10.1. The zero-order valence-corrected chi connectivity index (χ0v) is 13.3. The second-order valence-electron chi connectivity index (χ2n) is 6.16. The monoisotopic (exact) mass is 313 g/mol. The van der Waals surface area contributed by atoms with E-state index < -0.39 is 0 Å². The van der Waals surface area contributed by atoms with E-state index in [0.717, 1.165) is 24.5 Å². The molecule has 2 aliphatic heterocycles. The van der Waals surface area contributed by atoms with E-state index in [0.29, 0.717) is 29.5 Å². The van der Waals surface area contributed by atoms with Crippen molar-refractivity contribution in [2.75, 3.05) is 19.9 Å². The summed E-state index contributed by atoms with van der Waals surface area (Å²) in [6, 6.07) is 5.36. The van der Waals surface area contributed by atoms with Crippen molar-refractivity contribution in [1.82, 2.24) is 14.5 Å².